The van der Waals surface area contributed by atoms with E-state index in [1.165, 1.54) is 0 Å². The summed E-state index contributed by atoms with van der Waals surface area (Å²) < 4.78 is 7.10. The first-order valence-corrected chi connectivity index (χ1v) is 6.05. The maximum atomic E-state index is 11.9. The van der Waals surface area contributed by atoms with E-state index >= 15 is 0 Å². The summed E-state index contributed by atoms with van der Waals surface area (Å²) in [6.07, 6.45) is 2.61. The Morgan fingerprint density at radius 2 is 2.15 bits per heavy atom. The Kier molecular flexibility index (Phi) is 4.01. The lowest BCUT2D eigenvalue weighted by Gasteiger charge is -2.13. The molecule has 1 aromatic carbocycles. The van der Waals surface area contributed by atoms with E-state index in [0.29, 0.717) is 17.0 Å². The van der Waals surface area contributed by atoms with Gasteiger partial charge in [0, 0.05) is 13.2 Å². The van der Waals surface area contributed by atoms with Crippen LogP contribution in [0, 0.1) is 11.3 Å². The molecular weight excluding hydrogens is 256 g/mol. The van der Waals surface area contributed by atoms with Gasteiger partial charge in [0.2, 0.25) is 0 Å². The number of carbonyl (C=O) groups excluding carboxylic acids is 1. The minimum atomic E-state index is -0.650. The van der Waals surface area contributed by atoms with Crippen LogP contribution in [0.1, 0.15) is 12.5 Å². The highest BCUT2D eigenvalue weighted by atomic mass is 16.5. The first kappa shape index (κ1) is 13.6. The van der Waals surface area contributed by atoms with E-state index in [1.807, 2.05) is 6.07 Å². The minimum Gasteiger partial charge on any atom is -0.481 e. The number of carbonyl (C=O) groups is 1. The topological polar surface area (TPSA) is 79.9 Å². The molecular formula is C14H14N4O2. The highest BCUT2D eigenvalue weighted by Gasteiger charge is 2.15. The molecule has 0 aliphatic carbocycles. The zero-order valence-corrected chi connectivity index (χ0v) is 11.2. The molecule has 0 saturated carbocycles. The van der Waals surface area contributed by atoms with Crippen LogP contribution < -0.4 is 10.1 Å². The first-order valence-electron chi connectivity index (χ1n) is 6.05. The molecule has 0 aliphatic rings. The number of nitriles is 1. The van der Waals surface area contributed by atoms with Gasteiger partial charge in [-0.15, -0.1) is 0 Å². The number of amides is 1. The third kappa shape index (κ3) is 3.36. The van der Waals surface area contributed by atoms with Crippen molar-refractivity contribution in [2.24, 2.45) is 7.05 Å². The van der Waals surface area contributed by atoms with Gasteiger partial charge < -0.3 is 10.1 Å². The number of rotatable bonds is 4. The Morgan fingerprint density at radius 1 is 1.45 bits per heavy atom. The van der Waals surface area contributed by atoms with Crippen LogP contribution in [-0.4, -0.2) is 21.8 Å². The maximum absolute atomic E-state index is 11.9. The normalized spacial score (nSPS) is 11.4. The number of aryl methyl sites for hydroxylation is 1. The molecule has 1 N–H and O–H groups in total. The monoisotopic (exact) mass is 270 g/mol. The van der Waals surface area contributed by atoms with Crippen molar-refractivity contribution < 1.29 is 9.53 Å². The summed E-state index contributed by atoms with van der Waals surface area (Å²) in [5, 5.41) is 15.4. The SMILES string of the molecule is CC(Oc1ccc(C#N)cc1)C(=O)Nc1cnn(C)c1. The molecule has 0 saturated heterocycles. The van der Waals surface area contributed by atoms with Gasteiger partial charge in [-0.3, -0.25) is 9.48 Å². The van der Waals surface area contributed by atoms with Crippen LogP contribution in [0.25, 0.3) is 0 Å². The van der Waals surface area contributed by atoms with Crippen molar-refractivity contribution >= 4 is 11.6 Å². The molecule has 0 radical (unpaired) electrons. The predicted octanol–water partition coefficient (Wildman–Crippen LogP) is 1.70. The fourth-order valence-electron chi connectivity index (χ4n) is 1.60. The second-order valence-electron chi connectivity index (χ2n) is 4.29. The second kappa shape index (κ2) is 5.89. The van der Waals surface area contributed by atoms with Gasteiger partial charge in [-0.25, -0.2) is 0 Å². The van der Waals surface area contributed by atoms with E-state index in [9.17, 15) is 4.79 Å². The summed E-state index contributed by atoms with van der Waals surface area (Å²) in [5.74, 6) is 0.278. The molecule has 0 bridgehead atoms. The molecule has 102 valence electrons. The molecule has 1 heterocycles. The number of nitrogens with zero attached hydrogens (tertiary/aromatic N) is 3. The lowest BCUT2D eigenvalue weighted by Crippen LogP contribution is -2.30. The van der Waals surface area contributed by atoms with Crippen LogP contribution in [0.3, 0.4) is 0 Å². The first-order chi connectivity index (χ1) is 9.58. The number of aromatic nitrogens is 2. The van der Waals surface area contributed by atoms with E-state index in [2.05, 4.69) is 10.4 Å². The maximum Gasteiger partial charge on any atom is 0.265 e. The molecule has 1 unspecified atom stereocenters. The molecule has 6 heteroatoms. The van der Waals surface area contributed by atoms with Gasteiger partial charge in [0.25, 0.3) is 5.91 Å². The van der Waals surface area contributed by atoms with E-state index in [-0.39, 0.29) is 5.91 Å². The largest absolute Gasteiger partial charge is 0.481 e. The zero-order valence-electron chi connectivity index (χ0n) is 11.2. The molecule has 2 rings (SSSR count). The van der Waals surface area contributed by atoms with Crippen molar-refractivity contribution in [2.75, 3.05) is 5.32 Å². The molecule has 20 heavy (non-hydrogen) atoms. The lowest BCUT2D eigenvalue weighted by molar-refractivity contribution is -0.122. The number of nitrogens with one attached hydrogen (secondary N) is 1. The molecule has 6 nitrogen and oxygen atoms in total. The summed E-state index contributed by atoms with van der Waals surface area (Å²) >= 11 is 0. The quantitative estimate of drug-likeness (QED) is 0.917. The molecule has 0 spiro atoms. The number of ether oxygens (including phenoxy) is 1. The van der Waals surface area contributed by atoms with Crippen LogP contribution in [0.4, 0.5) is 5.69 Å². The number of hydrogen-bond donors (Lipinski definition) is 1. The Bertz CT molecular complexity index is 640. The summed E-state index contributed by atoms with van der Waals surface area (Å²) in [4.78, 5) is 11.9. The van der Waals surface area contributed by atoms with Crippen molar-refractivity contribution in [3.05, 3.63) is 42.2 Å². The molecule has 0 fully saturated rings. The molecule has 1 atom stereocenters. The third-order valence-corrected chi connectivity index (χ3v) is 2.64. The fourth-order valence-corrected chi connectivity index (χ4v) is 1.60. The molecule has 0 aliphatic heterocycles. The van der Waals surface area contributed by atoms with Crippen molar-refractivity contribution in [2.45, 2.75) is 13.0 Å². The Balaban J connectivity index is 1.95. The van der Waals surface area contributed by atoms with Crippen molar-refractivity contribution in [3.63, 3.8) is 0 Å². The number of anilines is 1. The van der Waals surface area contributed by atoms with Gasteiger partial charge in [0.05, 0.1) is 23.5 Å². The van der Waals surface area contributed by atoms with Gasteiger partial charge in [-0.1, -0.05) is 0 Å². The molecule has 1 amide bonds. The highest BCUT2D eigenvalue weighted by Crippen LogP contribution is 2.14. The van der Waals surface area contributed by atoms with Crippen LogP contribution >= 0.6 is 0 Å². The van der Waals surface area contributed by atoms with Gasteiger partial charge in [-0.05, 0) is 31.2 Å². The van der Waals surface area contributed by atoms with E-state index in [4.69, 9.17) is 10.00 Å². The second-order valence-corrected chi connectivity index (χ2v) is 4.29. The van der Waals surface area contributed by atoms with E-state index in [0.717, 1.165) is 0 Å². The Labute approximate surface area is 116 Å². The Hall–Kier alpha value is -2.81. The zero-order chi connectivity index (χ0) is 14.5. The average molecular weight is 270 g/mol. The summed E-state index contributed by atoms with van der Waals surface area (Å²) in [5.41, 5.74) is 1.16. The van der Waals surface area contributed by atoms with Crippen LogP contribution in [-0.2, 0) is 11.8 Å². The predicted molar refractivity (Wildman–Crippen MR) is 73.1 cm³/mol. The number of benzene rings is 1. The van der Waals surface area contributed by atoms with Crippen molar-refractivity contribution in [1.82, 2.24) is 9.78 Å². The number of hydrogen-bond acceptors (Lipinski definition) is 4. The van der Waals surface area contributed by atoms with E-state index in [1.54, 1.807) is 55.3 Å². The summed E-state index contributed by atoms with van der Waals surface area (Å²) in [6, 6.07) is 8.62. The van der Waals surface area contributed by atoms with Gasteiger partial charge in [0.1, 0.15) is 5.75 Å². The van der Waals surface area contributed by atoms with Gasteiger partial charge >= 0.3 is 0 Å². The van der Waals surface area contributed by atoms with E-state index < -0.39 is 6.10 Å². The van der Waals surface area contributed by atoms with Gasteiger partial charge in [-0.2, -0.15) is 10.4 Å². The summed E-state index contributed by atoms with van der Waals surface area (Å²) in [6.45, 7) is 1.66. The fraction of sp³-hybridized carbons (Fsp3) is 0.214. The lowest BCUT2D eigenvalue weighted by atomic mass is 10.2. The van der Waals surface area contributed by atoms with Crippen LogP contribution in [0.2, 0.25) is 0 Å². The van der Waals surface area contributed by atoms with Crippen LogP contribution in [0.15, 0.2) is 36.7 Å². The summed E-state index contributed by atoms with van der Waals surface area (Å²) in [7, 11) is 1.77. The molecule has 2 aromatic rings. The highest BCUT2D eigenvalue weighted by molar-refractivity contribution is 5.93. The van der Waals surface area contributed by atoms with Gasteiger partial charge in [0.15, 0.2) is 6.10 Å². The van der Waals surface area contributed by atoms with Crippen molar-refractivity contribution in [3.8, 4) is 11.8 Å². The smallest absolute Gasteiger partial charge is 0.265 e. The standard InChI is InChI=1S/C14H14N4O2/c1-10(14(19)17-12-8-16-18(2)9-12)20-13-5-3-11(7-15)4-6-13/h3-6,8-10H,1-2H3,(H,17,19). The third-order valence-electron chi connectivity index (χ3n) is 2.64. The van der Waals surface area contributed by atoms with Crippen molar-refractivity contribution in [1.29, 1.82) is 5.26 Å². The minimum absolute atomic E-state index is 0.262. The van der Waals surface area contributed by atoms with Crippen LogP contribution in [0.5, 0.6) is 5.75 Å². The average Bonchev–Trinajstić information content (AvgIpc) is 2.85. The molecule has 1 aromatic heterocycles. The Morgan fingerprint density at radius 3 is 2.70 bits per heavy atom.